The molecule has 192 valence electrons. The van der Waals surface area contributed by atoms with Gasteiger partial charge in [-0.1, -0.05) is 24.3 Å². The van der Waals surface area contributed by atoms with Crippen LogP contribution in [-0.2, 0) is 4.74 Å². The summed E-state index contributed by atoms with van der Waals surface area (Å²) in [6.45, 7) is 1.26. The molecule has 0 bridgehead atoms. The van der Waals surface area contributed by atoms with Crippen molar-refractivity contribution >= 4 is 23.2 Å². The number of ketones is 2. The molecule has 0 spiro atoms. The maximum Gasteiger partial charge on any atom is 0.326 e. The van der Waals surface area contributed by atoms with Crippen LogP contribution in [0.3, 0.4) is 0 Å². The van der Waals surface area contributed by atoms with E-state index in [4.69, 9.17) is 19.9 Å². The van der Waals surface area contributed by atoms with Crippen molar-refractivity contribution in [3.63, 3.8) is 0 Å². The zero-order valence-electron chi connectivity index (χ0n) is 20.3. The first kappa shape index (κ1) is 24.7. The van der Waals surface area contributed by atoms with Crippen LogP contribution in [0.15, 0.2) is 60.9 Å². The van der Waals surface area contributed by atoms with E-state index in [0.29, 0.717) is 30.6 Å². The Labute approximate surface area is 217 Å². The van der Waals surface area contributed by atoms with Crippen LogP contribution in [0.2, 0.25) is 0 Å². The molecule has 5 rings (SSSR count). The molecule has 1 aromatic heterocycles. The number of rotatable bonds is 9. The number of carbonyl (C=O) groups excluding carboxylic acids is 2. The van der Waals surface area contributed by atoms with Crippen molar-refractivity contribution in [2.24, 2.45) is 0 Å². The lowest BCUT2D eigenvalue weighted by atomic mass is 9.82. The molecule has 1 aliphatic carbocycles. The maximum atomic E-state index is 13.1. The van der Waals surface area contributed by atoms with E-state index in [1.165, 1.54) is 12.4 Å². The lowest BCUT2D eigenvalue weighted by molar-refractivity contribution is 0.0977. The van der Waals surface area contributed by atoms with Crippen molar-refractivity contribution in [1.82, 2.24) is 15.0 Å². The number of nitrogen functional groups attached to an aromatic ring is 1. The van der Waals surface area contributed by atoms with Crippen LogP contribution >= 0.6 is 0 Å². The molecule has 38 heavy (non-hydrogen) atoms. The third kappa shape index (κ3) is 4.82. The van der Waals surface area contributed by atoms with Gasteiger partial charge in [-0.05, 0) is 30.7 Å². The number of hydrogen-bond acceptors (Lipinski definition) is 11. The minimum Gasteiger partial charge on any atom is -0.507 e. The first-order valence-electron chi connectivity index (χ1n) is 11.7. The van der Waals surface area contributed by atoms with Gasteiger partial charge in [0.15, 0.2) is 17.3 Å². The Kier molecular flexibility index (Phi) is 6.83. The predicted molar refractivity (Wildman–Crippen MR) is 137 cm³/mol. The van der Waals surface area contributed by atoms with Crippen LogP contribution in [0.1, 0.15) is 38.3 Å². The Balaban J connectivity index is 1.32. The number of benzene rings is 3. The van der Waals surface area contributed by atoms with Gasteiger partial charge in [0.2, 0.25) is 5.95 Å². The number of hydrogen-bond donors (Lipinski definition) is 3. The van der Waals surface area contributed by atoms with Crippen molar-refractivity contribution in [1.29, 1.82) is 0 Å². The van der Waals surface area contributed by atoms with Crippen LogP contribution in [-0.4, -0.2) is 51.9 Å². The maximum absolute atomic E-state index is 13.1. The van der Waals surface area contributed by atoms with E-state index in [1.54, 1.807) is 55.6 Å². The van der Waals surface area contributed by atoms with Gasteiger partial charge in [-0.15, -0.1) is 0 Å². The average Bonchev–Trinajstić information content (AvgIpc) is 2.93. The van der Waals surface area contributed by atoms with E-state index in [2.05, 4.69) is 20.3 Å². The third-order valence-electron chi connectivity index (χ3n) is 5.80. The van der Waals surface area contributed by atoms with Gasteiger partial charge in [0.25, 0.3) is 0 Å². The van der Waals surface area contributed by atoms with Gasteiger partial charge in [0, 0.05) is 37.5 Å². The largest absolute Gasteiger partial charge is 0.507 e. The molecule has 1 heterocycles. The van der Waals surface area contributed by atoms with Crippen LogP contribution in [0.25, 0.3) is 0 Å². The molecule has 0 saturated heterocycles. The Morgan fingerprint density at radius 2 is 1.58 bits per heavy atom. The van der Waals surface area contributed by atoms with Gasteiger partial charge in [-0.25, -0.2) is 4.98 Å². The summed E-state index contributed by atoms with van der Waals surface area (Å²) in [7, 11) is 1.64. The Morgan fingerprint density at radius 3 is 2.26 bits per heavy atom. The quantitative estimate of drug-likeness (QED) is 0.149. The molecule has 0 fully saturated rings. The molecule has 0 saturated carbocycles. The average molecular weight is 514 g/mol. The number of nitrogens with two attached hydrogens (primary N) is 1. The zero-order valence-corrected chi connectivity index (χ0v) is 20.3. The minimum atomic E-state index is -0.473. The summed E-state index contributed by atoms with van der Waals surface area (Å²) >= 11 is 0. The van der Waals surface area contributed by atoms with E-state index in [9.17, 15) is 14.7 Å². The highest BCUT2D eigenvalue weighted by molar-refractivity contribution is 6.31. The number of phenolic OH excluding ortho intramolecular Hbond substituents is 1. The number of fused-ring (bicyclic) bond motifs is 2. The topological polar surface area (TPSA) is 159 Å². The predicted octanol–water partition coefficient (Wildman–Crippen LogP) is 3.97. The summed E-state index contributed by atoms with van der Waals surface area (Å²) in [5.74, 6) is -0.108. The van der Waals surface area contributed by atoms with Crippen molar-refractivity contribution in [2.75, 3.05) is 31.3 Å². The molecule has 11 heteroatoms. The van der Waals surface area contributed by atoms with Crippen molar-refractivity contribution in [3.8, 4) is 29.0 Å². The summed E-state index contributed by atoms with van der Waals surface area (Å²) in [4.78, 5) is 38.3. The van der Waals surface area contributed by atoms with Gasteiger partial charge < -0.3 is 30.4 Å². The van der Waals surface area contributed by atoms with Crippen LogP contribution in [0, 0.1) is 0 Å². The van der Waals surface area contributed by atoms with E-state index >= 15 is 0 Å². The Hall–Kier alpha value is -5.03. The molecule has 0 amide bonds. The lowest BCUT2D eigenvalue weighted by Gasteiger charge is -2.21. The number of methoxy groups -OCH3 is 1. The smallest absolute Gasteiger partial charge is 0.326 e. The molecular weight excluding hydrogens is 490 g/mol. The molecule has 4 N–H and O–H groups in total. The molecular formula is C27H23N5O6. The van der Waals surface area contributed by atoms with Crippen molar-refractivity contribution in [2.45, 2.75) is 6.42 Å². The fraction of sp³-hybridized carbons (Fsp3) is 0.148. The van der Waals surface area contributed by atoms with Gasteiger partial charge in [0.1, 0.15) is 23.6 Å². The van der Waals surface area contributed by atoms with E-state index < -0.39 is 17.3 Å². The van der Waals surface area contributed by atoms with Crippen molar-refractivity contribution < 1.29 is 28.9 Å². The molecule has 0 radical (unpaired) electrons. The molecule has 3 aromatic carbocycles. The van der Waals surface area contributed by atoms with Gasteiger partial charge in [0.05, 0.1) is 16.8 Å². The number of nitrogens with one attached hydrogen (secondary N) is 1. The van der Waals surface area contributed by atoms with E-state index in [1.807, 2.05) is 0 Å². The summed E-state index contributed by atoms with van der Waals surface area (Å²) in [5, 5.41) is 13.7. The van der Waals surface area contributed by atoms with Crippen LogP contribution in [0.4, 0.5) is 11.6 Å². The zero-order chi connectivity index (χ0) is 26.6. The first-order valence-corrected chi connectivity index (χ1v) is 11.7. The number of anilines is 2. The minimum absolute atomic E-state index is 0.0390. The number of ether oxygens (including phenoxy) is 3. The molecule has 11 nitrogen and oxygen atoms in total. The number of nitrogens with zero attached hydrogens (tertiary/aromatic N) is 3. The second-order valence-electron chi connectivity index (χ2n) is 8.30. The summed E-state index contributed by atoms with van der Waals surface area (Å²) in [5.41, 5.74) is 6.45. The van der Waals surface area contributed by atoms with Crippen LogP contribution in [0.5, 0.6) is 29.0 Å². The third-order valence-corrected chi connectivity index (χ3v) is 5.80. The summed E-state index contributed by atoms with van der Waals surface area (Å²) in [6.07, 6.45) is 2.14. The highest BCUT2D eigenvalue weighted by Crippen LogP contribution is 2.42. The van der Waals surface area contributed by atoms with E-state index in [0.717, 1.165) is 6.42 Å². The van der Waals surface area contributed by atoms with Crippen LogP contribution < -0.4 is 20.5 Å². The molecule has 0 aliphatic heterocycles. The normalized spacial score (nSPS) is 12.0. The summed E-state index contributed by atoms with van der Waals surface area (Å²) in [6, 6.07) is 14.2. The molecule has 0 unspecified atom stereocenters. The van der Waals surface area contributed by atoms with Gasteiger partial charge in [-0.2, -0.15) is 9.97 Å². The van der Waals surface area contributed by atoms with Crippen molar-refractivity contribution in [3.05, 3.63) is 83.2 Å². The SMILES string of the molecule is COCCCNc1ncnc(Oc2ccc(Oc3cc(O)c4c(c3N)C(=O)c3ccccc3C4=O)cc2)n1. The molecule has 4 aromatic rings. The fourth-order valence-corrected chi connectivity index (χ4v) is 4.00. The summed E-state index contributed by atoms with van der Waals surface area (Å²) < 4.78 is 16.6. The number of aromatic nitrogens is 3. The Bertz CT molecular complexity index is 1520. The lowest BCUT2D eigenvalue weighted by Crippen LogP contribution is -2.22. The molecule has 0 atom stereocenters. The number of phenols is 1. The number of carbonyl (C=O) groups is 2. The highest BCUT2D eigenvalue weighted by atomic mass is 16.5. The standard InChI is InChI=1S/C27H23N5O6/c1-36-12-4-11-29-26-30-14-31-27(32-26)38-16-9-7-15(8-10-16)37-20-13-19(33)21-22(23(20)28)25(35)18-6-3-2-5-17(18)24(21)34/h2-3,5-10,13-14,33H,4,11-12,28H2,1H3,(H,29,30,31,32). The number of aromatic hydroxyl groups is 1. The van der Waals surface area contributed by atoms with Gasteiger partial charge in [-0.3, -0.25) is 9.59 Å². The van der Waals surface area contributed by atoms with E-state index in [-0.39, 0.29) is 39.7 Å². The second kappa shape index (κ2) is 10.5. The monoisotopic (exact) mass is 513 g/mol. The fourth-order valence-electron chi connectivity index (χ4n) is 4.00. The Morgan fingerprint density at radius 1 is 0.921 bits per heavy atom. The molecule has 1 aliphatic rings. The first-order chi connectivity index (χ1) is 18.5. The van der Waals surface area contributed by atoms with Gasteiger partial charge >= 0.3 is 6.01 Å². The highest BCUT2D eigenvalue weighted by Gasteiger charge is 2.35. The second-order valence-corrected chi connectivity index (χ2v) is 8.30.